The molecule has 0 aromatic heterocycles. The van der Waals surface area contributed by atoms with Gasteiger partial charge in [-0.05, 0) is 23.3 Å². The van der Waals surface area contributed by atoms with Gasteiger partial charge in [0.2, 0.25) is 5.91 Å². The summed E-state index contributed by atoms with van der Waals surface area (Å²) in [5.41, 5.74) is 6.52. The van der Waals surface area contributed by atoms with Crippen molar-refractivity contribution >= 4 is 33.9 Å². The van der Waals surface area contributed by atoms with Gasteiger partial charge >= 0.3 is 0 Å². The lowest BCUT2D eigenvalue weighted by Gasteiger charge is -2.20. The summed E-state index contributed by atoms with van der Waals surface area (Å²) in [4.78, 5) is 14.3. The molecular formula is C16H18N2OS. The number of rotatable bonds is 5. The van der Waals surface area contributed by atoms with Gasteiger partial charge in [-0.2, -0.15) is 0 Å². The van der Waals surface area contributed by atoms with Crippen LogP contribution in [0.3, 0.4) is 0 Å². The maximum atomic E-state index is 12.2. The quantitative estimate of drug-likeness (QED) is 0.859. The topological polar surface area (TPSA) is 46.3 Å². The number of benzene rings is 2. The average molecular weight is 286 g/mol. The van der Waals surface area contributed by atoms with Gasteiger partial charge in [-0.15, -0.1) is 0 Å². The first-order chi connectivity index (χ1) is 9.60. The second kappa shape index (κ2) is 6.48. The third-order valence-electron chi connectivity index (χ3n) is 3.25. The number of carbonyl (C=O) groups is 1. The number of carbonyl (C=O) groups excluding carboxylic acids is 1. The molecule has 0 saturated carbocycles. The molecule has 0 radical (unpaired) electrons. The van der Waals surface area contributed by atoms with E-state index in [2.05, 4.69) is 18.2 Å². The van der Waals surface area contributed by atoms with Gasteiger partial charge in [0.1, 0.15) is 0 Å². The highest BCUT2D eigenvalue weighted by Gasteiger charge is 2.13. The minimum absolute atomic E-state index is 0.0515. The predicted octanol–water partition coefficient (Wildman–Crippen LogP) is 2.52. The van der Waals surface area contributed by atoms with Crippen LogP contribution in [-0.2, 0) is 11.2 Å². The molecule has 0 bridgehead atoms. The number of hydrogen-bond acceptors (Lipinski definition) is 2. The molecule has 0 aliphatic carbocycles. The lowest BCUT2D eigenvalue weighted by Crippen LogP contribution is -2.38. The standard InChI is InChI=1S/C16H18N2OS/c1-2-18(11-15(17)20)16(19)10-12-7-8-13-5-3-4-6-14(13)9-12/h3-9H,2,10-11H2,1H3,(H2,17,20). The average Bonchev–Trinajstić information content (AvgIpc) is 2.44. The summed E-state index contributed by atoms with van der Waals surface area (Å²) in [5, 5.41) is 2.33. The van der Waals surface area contributed by atoms with Crippen molar-refractivity contribution in [3.8, 4) is 0 Å². The Morgan fingerprint density at radius 2 is 1.90 bits per heavy atom. The summed E-state index contributed by atoms with van der Waals surface area (Å²) in [5.74, 6) is 0.0515. The van der Waals surface area contributed by atoms with E-state index >= 15 is 0 Å². The van der Waals surface area contributed by atoms with Crippen LogP contribution in [0, 0.1) is 0 Å². The number of hydrogen-bond donors (Lipinski definition) is 1. The van der Waals surface area contributed by atoms with E-state index in [0.29, 0.717) is 24.5 Å². The molecule has 0 atom stereocenters. The lowest BCUT2D eigenvalue weighted by atomic mass is 10.0. The molecule has 0 heterocycles. The van der Waals surface area contributed by atoms with Crippen LogP contribution in [0.25, 0.3) is 10.8 Å². The first-order valence-electron chi connectivity index (χ1n) is 6.64. The molecule has 0 aliphatic heterocycles. The Hall–Kier alpha value is -1.94. The molecule has 1 amide bonds. The molecule has 20 heavy (non-hydrogen) atoms. The lowest BCUT2D eigenvalue weighted by molar-refractivity contribution is -0.129. The van der Waals surface area contributed by atoms with Gasteiger partial charge in [0.25, 0.3) is 0 Å². The Morgan fingerprint density at radius 3 is 2.55 bits per heavy atom. The Morgan fingerprint density at radius 1 is 1.20 bits per heavy atom. The molecule has 0 unspecified atom stereocenters. The van der Waals surface area contributed by atoms with Gasteiger partial charge in [0, 0.05) is 6.54 Å². The molecule has 0 fully saturated rings. The van der Waals surface area contributed by atoms with Gasteiger partial charge in [-0.3, -0.25) is 4.79 Å². The number of likely N-dealkylation sites (N-methyl/N-ethyl adjacent to an activating group) is 1. The smallest absolute Gasteiger partial charge is 0.227 e. The molecule has 4 heteroatoms. The molecule has 0 spiro atoms. The predicted molar refractivity (Wildman–Crippen MR) is 86.7 cm³/mol. The Kier molecular flexibility index (Phi) is 4.69. The fourth-order valence-corrected chi connectivity index (χ4v) is 2.36. The summed E-state index contributed by atoms with van der Waals surface area (Å²) in [7, 11) is 0. The van der Waals surface area contributed by atoms with Crippen molar-refractivity contribution in [2.75, 3.05) is 13.1 Å². The summed E-state index contributed by atoms with van der Waals surface area (Å²) in [6.07, 6.45) is 0.376. The van der Waals surface area contributed by atoms with E-state index in [0.717, 1.165) is 10.9 Å². The van der Waals surface area contributed by atoms with Crippen molar-refractivity contribution < 1.29 is 4.79 Å². The van der Waals surface area contributed by atoms with Crippen molar-refractivity contribution in [2.45, 2.75) is 13.3 Å². The molecule has 104 valence electrons. The van der Waals surface area contributed by atoms with Crippen LogP contribution < -0.4 is 5.73 Å². The van der Waals surface area contributed by atoms with Gasteiger partial charge in [-0.1, -0.05) is 54.7 Å². The molecule has 2 N–H and O–H groups in total. The molecular weight excluding hydrogens is 268 g/mol. The highest BCUT2D eigenvalue weighted by atomic mass is 32.1. The molecule has 2 rings (SSSR count). The van der Waals surface area contributed by atoms with Crippen LogP contribution in [0.4, 0.5) is 0 Å². The maximum absolute atomic E-state index is 12.2. The second-order valence-electron chi connectivity index (χ2n) is 4.73. The Labute approximate surface area is 124 Å². The van der Waals surface area contributed by atoms with Crippen molar-refractivity contribution in [3.05, 3.63) is 48.0 Å². The third-order valence-corrected chi connectivity index (χ3v) is 3.38. The third kappa shape index (κ3) is 3.54. The van der Waals surface area contributed by atoms with Crippen LogP contribution in [0.15, 0.2) is 42.5 Å². The zero-order chi connectivity index (χ0) is 14.5. The van der Waals surface area contributed by atoms with E-state index in [9.17, 15) is 4.79 Å². The van der Waals surface area contributed by atoms with Crippen molar-refractivity contribution in [1.29, 1.82) is 0 Å². The fourth-order valence-electron chi connectivity index (χ4n) is 2.20. The van der Waals surface area contributed by atoms with Gasteiger partial charge < -0.3 is 10.6 Å². The molecule has 3 nitrogen and oxygen atoms in total. The van der Waals surface area contributed by atoms with Crippen LogP contribution in [0.2, 0.25) is 0 Å². The SMILES string of the molecule is CCN(CC(N)=S)C(=O)Cc1ccc2ccccc2c1. The van der Waals surface area contributed by atoms with E-state index in [1.165, 1.54) is 5.39 Å². The highest BCUT2D eigenvalue weighted by molar-refractivity contribution is 7.80. The molecule has 2 aromatic rings. The monoisotopic (exact) mass is 286 g/mol. The molecule has 0 saturated heterocycles. The van der Waals surface area contributed by atoms with Gasteiger partial charge in [0.15, 0.2) is 0 Å². The first kappa shape index (κ1) is 14.5. The fraction of sp³-hybridized carbons (Fsp3) is 0.250. The van der Waals surface area contributed by atoms with E-state index in [4.69, 9.17) is 18.0 Å². The number of nitrogens with zero attached hydrogens (tertiary/aromatic N) is 1. The van der Waals surface area contributed by atoms with E-state index in [-0.39, 0.29) is 5.91 Å². The summed E-state index contributed by atoms with van der Waals surface area (Å²) in [6.45, 7) is 2.89. The highest BCUT2D eigenvalue weighted by Crippen LogP contribution is 2.16. The van der Waals surface area contributed by atoms with Crippen LogP contribution in [0.5, 0.6) is 0 Å². The first-order valence-corrected chi connectivity index (χ1v) is 7.04. The Bertz CT molecular complexity index is 639. The summed E-state index contributed by atoms with van der Waals surface area (Å²) < 4.78 is 0. The van der Waals surface area contributed by atoms with Crippen molar-refractivity contribution in [2.24, 2.45) is 5.73 Å². The minimum atomic E-state index is 0.0515. The van der Waals surface area contributed by atoms with Crippen molar-refractivity contribution in [1.82, 2.24) is 4.90 Å². The van der Waals surface area contributed by atoms with E-state index in [1.54, 1.807) is 4.90 Å². The molecule has 0 aliphatic rings. The number of nitrogens with two attached hydrogens (primary N) is 1. The number of amides is 1. The largest absolute Gasteiger partial charge is 0.392 e. The normalized spacial score (nSPS) is 10.4. The van der Waals surface area contributed by atoms with Crippen LogP contribution >= 0.6 is 12.2 Å². The summed E-state index contributed by atoms with van der Waals surface area (Å²) in [6, 6.07) is 14.2. The van der Waals surface area contributed by atoms with E-state index in [1.807, 2.05) is 31.2 Å². The van der Waals surface area contributed by atoms with Crippen LogP contribution in [-0.4, -0.2) is 28.9 Å². The van der Waals surface area contributed by atoms with Crippen molar-refractivity contribution in [3.63, 3.8) is 0 Å². The zero-order valence-corrected chi connectivity index (χ0v) is 12.3. The maximum Gasteiger partial charge on any atom is 0.227 e. The van der Waals surface area contributed by atoms with E-state index < -0.39 is 0 Å². The molecule has 2 aromatic carbocycles. The minimum Gasteiger partial charge on any atom is -0.392 e. The zero-order valence-electron chi connectivity index (χ0n) is 11.5. The van der Waals surface area contributed by atoms with Crippen LogP contribution in [0.1, 0.15) is 12.5 Å². The van der Waals surface area contributed by atoms with Gasteiger partial charge in [0.05, 0.1) is 18.0 Å². The Balaban J connectivity index is 2.14. The second-order valence-corrected chi connectivity index (χ2v) is 5.26. The number of fused-ring (bicyclic) bond motifs is 1. The van der Waals surface area contributed by atoms with Gasteiger partial charge in [-0.25, -0.2) is 0 Å². The number of thiocarbonyl (C=S) groups is 1. The summed E-state index contributed by atoms with van der Waals surface area (Å²) >= 11 is 4.87.